The second-order valence-electron chi connectivity index (χ2n) is 8.57. The monoisotopic (exact) mass is 359 g/mol. The number of carbonyl (C=O) groups is 1. The molecule has 2 fully saturated rings. The van der Waals surface area contributed by atoms with E-state index in [9.17, 15) is 4.79 Å². The Morgan fingerprint density at radius 1 is 1.04 bits per heavy atom. The zero-order valence-electron chi connectivity index (χ0n) is 16.8. The molecule has 1 aromatic rings. The van der Waals surface area contributed by atoms with E-state index in [2.05, 4.69) is 34.9 Å². The maximum Gasteiger partial charge on any atom is 0.410 e. The van der Waals surface area contributed by atoms with Gasteiger partial charge < -0.3 is 14.5 Å². The number of benzene rings is 1. The largest absolute Gasteiger partial charge is 0.444 e. The number of nitrogens with zero attached hydrogens (tertiary/aromatic N) is 3. The minimum Gasteiger partial charge on any atom is -0.444 e. The van der Waals surface area contributed by atoms with Crippen LogP contribution in [0.25, 0.3) is 0 Å². The van der Waals surface area contributed by atoms with Gasteiger partial charge in [0.2, 0.25) is 0 Å². The Morgan fingerprint density at radius 3 is 2.31 bits per heavy atom. The van der Waals surface area contributed by atoms with Crippen LogP contribution >= 0.6 is 0 Å². The third-order valence-corrected chi connectivity index (χ3v) is 5.11. The van der Waals surface area contributed by atoms with Gasteiger partial charge in [-0.25, -0.2) is 4.79 Å². The summed E-state index contributed by atoms with van der Waals surface area (Å²) >= 11 is 0. The quantitative estimate of drug-likeness (QED) is 0.825. The van der Waals surface area contributed by atoms with Gasteiger partial charge in [0.05, 0.1) is 0 Å². The Labute approximate surface area is 157 Å². The molecule has 2 saturated heterocycles. The third-order valence-electron chi connectivity index (χ3n) is 5.11. The van der Waals surface area contributed by atoms with E-state index in [0.29, 0.717) is 13.1 Å². The van der Waals surface area contributed by atoms with Crippen LogP contribution < -0.4 is 4.90 Å². The molecule has 1 aromatic carbocycles. The Balaban J connectivity index is 1.65. The van der Waals surface area contributed by atoms with Gasteiger partial charge in [0.1, 0.15) is 5.60 Å². The minimum atomic E-state index is -0.437. The highest BCUT2D eigenvalue weighted by Gasteiger charge is 2.27. The van der Waals surface area contributed by atoms with Crippen LogP contribution in [0.4, 0.5) is 10.5 Å². The number of hydrogen-bond acceptors (Lipinski definition) is 4. The molecule has 0 atom stereocenters. The summed E-state index contributed by atoms with van der Waals surface area (Å²) in [4.78, 5) is 19.1. The molecular weight excluding hydrogens is 326 g/mol. The predicted octanol–water partition coefficient (Wildman–Crippen LogP) is 3.65. The Kier molecular flexibility index (Phi) is 5.76. The molecule has 0 unspecified atom stereocenters. The van der Waals surface area contributed by atoms with Gasteiger partial charge in [-0.15, -0.1) is 0 Å². The molecule has 0 aromatic heterocycles. The van der Waals surface area contributed by atoms with Gasteiger partial charge in [-0.1, -0.05) is 12.1 Å². The number of anilines is 1. The van der Waals surface area contributed by atoms with E-state index in [1.165, 1.54) is 42.7 Å². The van der Waals surface area contributed by atoms with Crippen molar-refractivity contribution >= 4 is 11.8 Å². The van der Waals surface area contributed by atoms with E-state index < -0.39 is 5.60 Å². The number of aryl methyl sites for hydroxylation is 1. The van der Waals surface area contributed by atoms with Crippen molar-refractivity contribution < 1.29 is 9.53 Å². The molecule has 5 heteroatoms. The van der Waals surface area contributed by atoms with E-state index in [4.69, 9.17) is 4.74 Å². The first-order chi connectivity index (χ1) is 12.3. The van der Waals surface area contributed by atoms with Gasteiger partial charge in [-0.3, -0.25) is 4.90 Å². The molecule has 0 spiro atoms. The number of hydrogen-bond donors (Lipinski definition) is 0. The molecule has 26 heavy (non-hydrogen) atoms. The van der Waals surface area contributed by atoms with E-state index in [0.717, 1.165) is 19.6 Å². The fourth-order valence-corrected chi connectivity index (χ4v) is 3.74. The number of carbonyl (C=O) groups excluding carboxylic acids is 1. The van der Waals surface area contributed by atoms with Crippen LogP contribution in [0.5, 0.6) is 0 Å². The summed E-state index contributed by atoms with van der Waals surface area (Å²) in [5.41, 5.74) is 3.59. The first-order valence-electron chi connectivity index (χ1n) is 9.86. The van der Waals surface area contributed by atoms with Crippen molar-refractivity contribution in [2.45, 2.75) is 52.7 Å². The van der Waals surface area contributed by atoms with Crippen LogP contribution in [0, 0.1) is 6.92 Å². The van der Waals surface area contributed by atoms with Crippen molar-refractivity contribution in [1.29, 1.82) is 0 Å². The first kappa shape index (κ1) is 19.0. The highest BCUT2D eigenvalue weighted by atomic mass is 16.6. The Bertz CT molecular complexity index is 625. The summed E-state index contributed by atoms with van der Waals surface area (Å²) < 4.78 is 5.51. The fourth-order valence-electron chi connectivity index (χ4n) is 3.74. The summed E-state index contributed by atoms with van der Waals surface area (Å²) in [6.07, 6.45) is 2.43. The van der Waals surface area contributed by atoms with E-state index >= 15 is 0 Å². The molecule has 1 amide bonds. The number of amides is 1. The van der Waals surface area contributed by atoms with Crippen LogP contribution in [0.3, 0.4) is 0 Å². The minimum absolute atomic E-state index is 0.196. The molecular formula is C21H33N3O2. The molecule has 144 valence electrons. The van der Waals surface area contributed by atoms with Crippen LogP contribution in [-0.2, 0) is 11.3 Å². The molecule has 5 nitrogen and oxygen atoms in total. The summed E-state index contributed by atoms with van der Waals surface area (Å²) in [6, 6.07) is 6.80. The van der Waals surface area contributed by atoms with Gasteiger partial charge in [0.25, 0.3) is 0 Å². The second kappa shape index (κ2) is 7.87. The maximum atomic E-state index is 12.3. The summed E-state index contributed by atoms with van der Waals surface area (Å²) in [7, 11) is 0. The molecule has 3 rings (SSSR count). The molecule has 0 radical (unpaired) electrons. The van der Waals surface area contributed by atoms with Gasteiger partial charge in [0.15, 0.2) is 0 Å². The van der Waals surface area contributed by atoms with Gasteiger partial charge in [-0.05, 0) is 70.8 Å². The zero-order chi connectivity index (χ0) is 18.7. The van der Waals surface area contributed by atoms with Crippen molar-refractivity contribution in [2.75, 3.05) is 44.2 Å². The lowest BCUT2D eigenvalue weighted by atomic mass is 10.1. The van der Waals surface area contributed by atoms with Crippen molar-refractivity contribution in [1.82, 2.24) is 9.80 Å². The van der Waals surface area contributed by atoms with Crippen molar-refractivity contribution in [3.05, 3.63) is 29.3 Å². The molecule has 0 bridgehead atoms. The highest BCUT2D eigenvalue weighted by molar-refractivity contribution is 5.69. The lowest BCUT2D eigenvalue weighted by Gasteiger charge is -2.38. The standard InChI is InChI=1S/C21H33N3O2/c1-17-7-8-18(16-22-9-5-6-10-22)19(15-17)23-11-13-24(14-12-23)20(25)26-21(2,3)4/h7-8,15H,5-6,9-14,16H2,1-4H3. The summed E-state index contributed by atoms with van der Waals surface area (Å²) in [6.45, 7) is 14.5. The van der Waals surface area contributed by atoms with Crippen LogP contribution in [-0.4, -0.2) is 60.8 Å². The average molecular weight is 360 g/mol. The van der Waals surface area contributed by atoms with Crippen molar-refractivity contribution in [2.24, 2.45) is 0 Å². The van der Waals surface area contributed by atoms with Crippen molar-refractivity contribution in [3.8, 4) is 0 Å². The first-order valence-corrected chi connectivity index (χ1v) is 9.86. The lowest BCUT2D eigenvalue weighted by Crippen LogP contribution is -2.50. The Hall–Kier alpha value is -1.75. The van der Waals surface area contributed by atoms with Crippen LogP contribution in [0.1, 0.15) is 44.7 Å². The average Bonchev–Trinajstić information content (AvgIpc) is 3.08. The van der Waals surface area contributed by atoms with E-state index in [1.54, 1.807) is 0 Å². The molecule has 2 aliphatic heterocycles. The zero-order valence-corrected chi connectivity index (χ0v) is 16.8. The smallest absolute Gasteiger partial charge is 0.410 e. The topological polar surface area (TPSA) is 36.0 Å². The van der Waals surface area contributed by atoms with Gasteiger partial charge in [-0.2, -0.15) is 0 Å². The van der Waals surface area contributed by atoms with Gasteiger partial charge >= 0.3 is 6.09 Å². The summed E-state index contributed by atoms with van der Waals surface area (Å²) in [5.74, 6) is 0. The number of likely N-dealkylation sites (tertiary alicyclic amines) is 1. The molecule has 0 aliphatic carbocycles. The van der Waals surface area contributed by atoms with Crippen molar-refractivity contribution in [3.63, 3.8) is 0 Å². The third kappa shape index (κ3) is 4.91. The second-order valence-corrected chi connectivity index (χ2v) is 8.57. The van der Waals surface area contributed by atoms with Crippen LogP contribution in [0.15, 0.2) is 18.2 Å². The lowest BCUT2D eigenvalue weighted by molar-refractivity contribution is 0.0240. The Morgan fingerprint density at radius 2 is 1.69 bits per heavy atom. The summed E-state index contributed by atoms with van der Waals surface area (Å²) in [5, 5.41) is 0. The van der Waals surface area contributed by atoms with Crippen LogP contribution in [0.2, 0.25) is 0 Å². The predicted molar refractivity (Wildman–Crippen MR) is 106 cm³/mol. The van der Waals surface area contributed by atoms with E-state index in [-0.39, 0.29) is 6.09 Å². The molecule has 2 aliphatic rings. The highest BCUT2D eigenvalue weighted by Crippen LogP contribution is 2.26. The normalized spacial score (nSPS) is 19.1. The SMILES string of the molecule is Cc1ccc(CN2CCCC2)c(N2CCN(C(=O)OC(C)(C)C)CC2)c1. The molecule has 0 N–H and O–H groups in total. The fraction of sp³-hybridized carbons (Fsp3) is 0.667. The number of rotatable bonds is 3. The number of piperazine rings is 1. The van der Waals surface area contributed by atoms with E-state index in [1.807, 2.05) is 25.7 Å². The molecule has 2 heterocycles. The maximum absolute atomic E-state index is 12.3. The van der Waals surface area contributed by atoms with Gasteiger partial charge in [0, 0.05) is 38.4 Å². The number of ether oxygens (including phenoxy) is 1. The molecule has 0 saturated carbocycles.